The van der Waals surface area contributed by atoms with E-state index in [2.05, 4.69) is 4.90 Å². The van der Waals surface area contributed by atoms with Crippen LogP contribution in [0.25, 0.3) is 0 Å². The van der Waals surface area contributed by atoms with Gasteiger partial charge in [0.15, 0.2) is 11.5 Å². The van der Waals surface area contributed by atoms with Crippen LogP contribution in [0.4, 0.5) is 0 Å². The number of rotatable bonds is 7. The first-order valence-electron chi connectivity index (χ1n) is 5.42. The van der Waals surface area contributed by atoms with Gasteiger partial charge in [-0.15, -0.1) is 0 Å². The number of para-hydroxylation sites is 2. The first-order chi connectivity index (χ1) is 7.77. The summed E-state index contributed by atoms with van der Waals surface area (Å²) in [5.41, 5.74) is 5.46. The third-order valence-electron chi connectivity index (χ3n) is 2.31. The number of likely N-dealkylation sites (N-methyl/N-ethyl adjacent to an activating group) is 1. The van der Waals surface area contributed by atoms with Crippen LogP contribution < -0.4 is 15.2 Å². The zero-order valence-electron chi connectivity index (χ0n) is 9.98. The highest BCUT2D eigenvalue weighted by molar-refractivity contribution is 5.39. The van der Waals surface area contributed by atoms with Crippen molar-refractivity contribution in [3.8, 4) is 11.5 Å². The van der Waals surface area contributed by atoms with Gasteiger partial charge in [-0.3, -0.25) is 0 Å². The summed E-state index contributed by atoms with van der Waals surface area (Å²) in [6, 6.07) is 7.65. The zero-order valence-corrected chi connectivity index (χ0v) is 9.98. The van der Waals surface area contributed by atoms with Gasteiger partial charge in [0.25, 0.3) is 0 Å². The fourth-order valence-electron chi connectivity index (χ4n) is 1.38. The SMILES string of the molecule is COc1ccccc1OCCN(C)CCN. The van der Waals surface area contributed by atoms with Crippen LogP contribution in [0.15, 0.2) is 24.3 Å². The van der Waals surface area contributed by atoms with Crippen LogP contribution in [0.3, 0.4) is 0 Å². The number of nitrogens with zero attached hydrogens (tertiary/aromatic N) is 1. The lowest BCUT2D eigenvalue weighted by Gasteiger charge is -2.16. The fraction of sp³-hybridized carbons (Fsp3) is 0.500. The Morgan fingerprint density at radius 2 is 1.88 bits per heavy atom. The average Bonchev–Trinajstić information content (AvgIpc) is 2.30. The van der Waals surface area contributed by atoms with E-state index in [0.717, 1.165) is 24.6 Å². The van der Waals surface area contributed by atoms with Crippen molar-refractivity contribution in [2.24, 2.45) is 5.73 Å². The Balaban J connectivity index is 2.36. The van der Waals surface area contributed by atoms with E-state index in [9.17, 15) is 0 Å². The third kappa shape index (κ3) is 4.08. The average molecular weight is 224 g/mol. The molecule has 0 bridgehead atoms. The highest BCUT2D eigenvalue weighted by Crippen LogP contribution is 2.25. The Morgan fingerprint density at radius 3 is 2.50 bits per heavy atom. The number of benzene rings is 1. The predicted molar refractivity (Wildman–Crippen MR) is 65.0 cm³/mol. The summed E-state index contributed by atoms with van der Waals surface area (Å²) in [5, 5.41) is 0. The van der Waals surface area contributed by atoms with Crippen molar-refractivity contribution in [3.05, 3.63) is 24.3 Å². The maximum Gasteiger partial charge on any atom is 0.161 e. The number of hydrogen-bond donors (Lipinski definition) is 1. The molecule has 0 aliphatic heterocycles. The van der Waals surface area contributed by atoms with E-state index in [1.807, 2.05) is 31.3 Å². The smallest absolute Gasteiger partial charge is 0.161 e. The van der Waals surface area contributed by atoms with Crippen LogP contribution in [0, 0.1) is 0 Å². The molecular weight excluding hydrogens is 204 g/mol. The summed E-state index contributed by atoms with van der Waals surface area (Å²) in [6.45, 7) is 3.05. The molecule has 1 aromatic carbocycles. The van der Waals surface area contributed by atoms with Crippen LogP contribution >= 0.6 is 0 Å². The topological polar surface area (TPSA) is 47.7 Å². The van der Waals surface area contributed by atoms with Crippen molar-refractivity contribution in [1.29, 1.82) is 0 Å². The molecule has 16 heavy (non-hydrogen) atoms. The summed E-state index contributed by atoms with van der Waals surface area (Å²) in [7, 11) is 3.67. The fourth-order valence-corrected chi connectivity index (χ4v) is 1.38. The van der Waals surface area contributed by atoms with Crippen LogP contribution in [0.2, 0.25) is 0 Å². The lowest BCUT2D eigenvalue weighted by atomic mass is 10.3. The van der Waals surface area contributed by atoms with E-state index < -0.39 is 0 Å². The minimum atomic E-state index is 0.636. The minimum Gasteiger partial charge on any atom is -0.493 e. The van der Waals surface area contributed by atoms with Gasteiger partial charge in [-0.05, 0) is 19.2 Å². The molecule has 0 amide bonds. The van der Waals surface area contributed by atoms with Crippen LogP contribution in [-0.2, 0) is 0 Å². The summed E-state index contributed by atoms with van der Waals surface area (Å²) < 4.78 is 10.8. The van der Waals surface area contributed by atoms with E-state index in [4.69, 9.17) is 15.2 Å². The maximum atomic E-state index is 5.64. The molecule has 0 saturated heterocycles. The molecular formula is C12H20N2O2. The molecule has 0 aliphatic rings. The van der Waals surface area contributed by atoms with Gasteiger partial charge in [0, 0.05) is 19.6 Å². The van der Waals surface area contributed by atoms with Gasteiger partial charge in [0.05, 0.1) is 7.11 Å². The van der Waals surface area contributed by atoms with E-state index in [0.29, 0.717) is 13.2 Å². The molecule has 4 nitrogen and oxygen atoms in total. The van der Waals surface area contributed by atoms with Crippen molar-refractivity contribution in [2.75, 3.05) is 40.4 Å². The van der Waals surface area contributed by atoms with E-state index in [-0.39, 0.29) is 0 Å². The molecule has 0 unspecified atom stereocenters. The highest BCUT2D eigenvalue weighted by atomic mass is 16.5. The van der Waals surface area contributed by atoms with Gasteiger partial charge in [0.1, 0.15) is 6.61 Å². The van der Waals surface area contributed by atoms with Crippen LogP contribution in [0.5, 0.6) is 11.5 Å². The summed E-state index contributed by atoms with van der Waals surface area (Å²) in [6.07, 6.45) is 0. The molecule has 0 spiro atoms. The lowest BCUT2D eigenvalue weighted by Crippen LogP contribution is -2.29. The van der Waals surface area contributed by atoms with Gasteiger partial charge in [-0.25, -0.2) is 0 Å². The number of ether oxygens (including phenoxy) is 2. The molecule has 90 valence electrons. The van der Waals surface area contributed by atoms with Crippen molar-refractivity contribution in [3.63, 3.8) is 0 Å². The van der Waals surface area contributed by atoms with Crippen molar-refractivity contribution in [1.82, 2.24) is 4.90 Å². The Kier molecular flexibility index (Phi) is 5.67. The Bertz CT molecular complexity index is 305. The van der Waals surface area contributed by atoms with Gasteiger partial charge in [-0.2, -0.15) is 0 Å². The molecule has 1 rings (SSSR count). The standard InChI is InChI=1S/C12H20N2O2/c1-14(8-7-13)9-10-16-12-6-4-3-5-11(12)15-2/h3-6H,7-10,13H2,1-2H3. The molecule has 0 heterocycles. The molecule has 0 aliphatic carbocycles. The Labute approximate surface area is 96.9 Å². The van der Waals surface area contributed by atoms with Crippen LogP contribution in [0.1, 0.15) is 0 Å². The largest absolute Gasteiger partial charge is 0.493 e. The summed E-state index contributed by atoms with van der Waals surface area (Å²) >= 11 is 0. The summed E-state index contributed by atoms with van der Waals surface area (Å²) in [4.78, 5) is 2.13. The molecule has 0 atom stereocenters. The highest BCUT2D eigenvalue weighted by Gasteiger charge is 2.02. The third-order valence-corrected chi connectivity index (χ3v) is 2.31. The van der Waals surface area contributed by atoms with Crippen molar-refractivity contribution in [2.45, 2.75) is 0 Å². The van der Waals surface area contributed by atoms with Gasteiger partial charge in [-0.1, -0.05) is 12.1 Å². The normalized spacial score (nSPS) is 10.5. The molecule has 0 saturated carbocycles. The minimum absolute atomic E-state index is 0.636. The second-order valence-corrected chi connectivity index (χ2v) is 3.59. The Hall–Kier alpha value is -1.26. The molecule has 0 radical (unpaired) electrons. The number of nitrogens with two attached hydrogens (primary N) is 1. The first kappa shape index (κ1) is 12.8. The monoisotopic (exact) mass is 224 g/mol. The number of hydrogen-bond acceptors (Lipinski definition) is 4. The van der Waals surface area contributed by atoms with Crippen molar-refractivity contribution < 1.29 is 9.47 Å². The lowest BCUT2D eigenvalue weighted by molar-refractivity contribution is 0.233. The van der Waals surface area contributed by atoms with Gasteiger partial charge < -0.3 is 20.1 Å². The second kappa shape index (κ2) is 7.09. The van der Waals surface area contributed by atoms with Crippen molar-refractivity contribution >= 4 is 0 Å². The zero-order chi connectivity index (χ0) is 11.8. The Morgan fingerprint density at radius 1 is 1.19 bits per heavy atom. The number of methoxy groups -OCH3 is 1. The van der Waals surface area contributed by atoms with Crippen LogP contribution in [-0.4, -0.2) is 45.3 Å². The molecule has 0 aromatic heterocycles. The molecule has 2 N–H and O–H groups in total. The van der Waals surface area contributed by atoms with E-state index in [1.54, 1.807) is 7.11 Å². The quantitative estimate of drug-likeness (QED) is 0.749. The second-order valence-electron chi connectivity index (χ2n) is 3.59. The first-order valence-corrected chi connectivity index (χ1v) is 5.42. The molecule has 4 heteroatoms. The van der Waals surface area contributed by atoms with E-state index in [1.165, 1.54) is 0 Å². The maximum absolute atomic E-state index is 5.64. The van der Waals surface area contributed by atoms with Gasteiger partial charge in [0.2, 0.25) is 0 Å². The van der Waals surface area contributed by atoms with Gasteiger partial charge >= 0.3 is 0 Å². The van der Waals surface area contributed by atoms with E-state index >= 15 is 0 Å². The molecule has 1 aromatic rings. The predicted octanol–water partition coefficient (Wildman–Crippen LogP) is 0.964. The molecule has 0 fully saturated rings. The summed E-state index contributed by atoms with van der Waals surface area (Å²) in [5.74, 6) is 1.55.